The molecule has 0 saturated heterocycles. The number of carbonyl (C=O) groups is 1. The average Bonchev–Trinajstić information content (AvgIpc) is 2.71. The molecule has 2 aromatic rings. The van der Waals surface area contributed by atoms with E-state index >= 15 is 0 Å². The van der Waals surface area contributed by atoms with E-state index in [0.29, 0.717) is 5.75 Å². The van der Waals surface area contributed by atoms with Crippen LogP contribution < -0.4 is 0 Å². The summed E-state index contributed by atoms with van der Waals surface area (Å²) in [6.45, 7) is 19.4. The van der Waals surface area contributed by atoms with Crippen LogP contribution in [0.5, 0.6) is 5.75 Å². The summed E-state index contributed by atoms with van der Waals surface area (Å²) in [7, 11) is 0. The van der Waals surface area contributed by atoms with Crippen LogP contribution in [0.25, 0.3) is 6.08 Å². The van der Waals surface area contributed by atoms with Gasteiger partial charge in [-0.15, -0.1) is 0 Å². The minimum absolute atomic E-state index is 0.0933. The highest BCUT2D eigenvalue weighted by atomic mass is 16.4. The summed E-state index contributed by atoms with van der Waals surface area (Å²) >= 11 is 0. The van der Waals surface area contributed by atoms with E-state index in [1.54, 1.807) is 6.08 Å². The topological polar surface area (TPSA) is 57.5 Å². The van der Waals surface area contributed by atoms with Crippen LogP contribution in [-0.2, 0) is 28.5 Å². The molecule has 2 rings (SSSR count). The molecule has 0 fully saturated rings. The fraction of sp³-hybridized carbons (Fsp3) is 0.516. The molecule has 0 amide bonds. The molecule has 0 aliphatic heterocycles. The van der Waals surface area contributed by atoms with Crippen molar-refractivity contribution in [1.29, 1.82) is 0 Å². The Hall–Kier alpha value is -2.55. The van der Waals surface area contributed by atoms with Gasteiger partial charge in [0.25, 0.3) is 0 Å². The van der Waals surface area contributed by atoms with Crippen LogP contribution in [0.15, 0.2) is 30.3 Å². The molecule has 186 valence electrons. The van der Waals surface area contributed by atoms with Gasteiger partial charge < -0.3 is 10.2 Å². The third-order valence-electron chi connectivity index (χ3n) is 6.49. The second-order valence-corrected chi connectivity index (χ2v) is 11.6. The molecule has 0 heterocycles. The Bertz CT molecular complexity index is 1050. The van der Waals surface area contributed by atoms with Crippen molar-refractivity contribution < 1.29 is 15.0 Å². The fourth-order valence-electron chi connectivity index (χ4n) is 4.71. The van der Waals surface area contributed by atoms with E-state index in [4.69, 9.17) is 0 Å². The first kappa shape index (κ1) is 27.7. The van der Waals surface area contributed by atoms with Crippen LogP contribution >= 0.6 is 0 Å². The summed E-state index contributed by atoms with van der Waals surface area (Å²) < 4.78 is 0. The molecular formula is C31H44O3. The minimum atomic E-state index is -0.959. The standard InChI is InChI=1S/C31H44O3/c1-10-12-21-16-24(23(14-15-28(32)33)26(18-21)30(4,5)6)20(3)25-17-22(13-11-2)19-27(29(25)34)31(7,8)9/h14-20,34H,10-13H2,1-9H3,(H,32,33). The van der Waals surface area contributed by atoms with Crippen molar-refractivity contribution in [2.24, 2.45) is 0 Å². The van der Waals surface area contributed by atoms with E-state index in [2.05, 4.69) is 86.6 Å². The SMILES string of the molecule is CCCc1cc(C(C)c2cc(CCC)cc(C(C)(C)C)c2C=CC(=O)O)c(O)c(C(C)(C)C)c1. The Morgan fingerprint density at radius 3 is 1.76 bits per heavy atom. The summed E-state index contributed by atoms with van der Waals surface area (Å²) in [5.74, 6) is -0.700. The number of carboxylic acids is 1. The van der Waals surface area contributed by atoms with Crippen LogP contribution in [0.3, 0.4) is 0 Å². The van der Waals surface area contributed by atoms with Gasteiger partial charge in [-0.2, -0.15) is 0 Å². The highest BCUT2D eigenvalue weighted by molar-refractivity contribution is 5.86. The Balaban J connectivity index is 2.90. The average molecular weight is 465 g/mol. The second-order valence-electron chi connectivity index (χ2n) is 11.6. The Labute approximate surface area is 206 Å². The molecule has 2 aromatic carbocycles. The molecule has 0 radical (unpaired) electrons. The van der Waals surface area contributed by atoms with Gasteiger partial charge in [-0.1, -0.05) is 99.4 Å². The zero-order valence-corrected chi connectivity index (χ0v) is 22.7. The number of aryl methyl sites for hydroxylation is 2. The Kier molecular flexibility index (Phi) is 8.80. The third kappa shape index (κ3) is 6.52. The molecule has 0 aromatic heterocycles. The number of rotatable bonds is 8. The monoisotopic (exact) mass is 464 g/mol. The van der Waals surface area contributed by atoms with Crippen LogP contribution in [0, 0.1) is 0 Å². The quantitative estimate of drug-likeness (QED) is 0.388. The van der Waals surface area contributed by atoms with Crippen LogP contribution in [0.2, 0.25) is 0 Å². The number of aliphatic carboxylic acids is 1. The number of phenols is 1. The predicted molar refractivity (Wildman–Crippen MR) is 144 cm³/mol. The molecule has 0 aliphatic rings. The van der Waals surface area contributed by atoms with Gasteiger partial charge in [0.05, 0.1) is 0 Å². The van der Waals surface area contributed by atoms with Gasteiger partial charge in [0.15, 0.2) is 0 Å². The summed E-state index contributed by atoms with van der Waals surface area (Å²) in [5.41, 5.74) is 7.17. The molecule has 0 saturated carbocycles. The zero-order valence-electron chi connectivity index (χ0n) is 22.7. The van der Waals surface area contributed by atoms with E-state index in [1.807, 2.05) is 0 Å². The molecule has 1 atom stereocenters. The van der Waals surface area contributed by atoms with Gasteiger partial charge in [0, 0.05) is 17.6 Å². The number of benzene rings is 2. The summed E-state index contributed by atoms with van der Waals surface area (Å²) in [6.07, 6.45) is 6.96. The lowest BCUT2D eigenvalue weighted by atomic mass is 9.76. The molecule has 0 bridgehead atoms. The number of hydrogen-bond acceptors (Lipinski definition) is 2. The van der Waals surface area contributed by atoms with Crippen LogP contribution in [-0.4, -0.2) is 16.2 Å². The van der Waals surface area contributed by atoms with E-state index in [9.17, 15) is 15.0 Å². The lowest BCUT2D eigenvalue weighted by molar-refractivity contribution is -0.131. The van der Waals surface area contributed by atoms with Gasteiger partial charge in [-0.05, 0) is 63.1 Å². The second kappa shape index (κ2) is 10.8. The zero-order chi connectivity index (χ0) is 25.8. The van der Waals surface area contributed by atoms with Crippen molar-refractivity contribution in [2.45, 2.75) is 105 Å². The third-order valence-corrected chi connectivity index (χ3v) is 6.49. The van der Waals surface area contributed by atoms with Crippen molar-refractivity contribution in [3.8, 4) is 5.75 Å². The van der Waals surface area contributed by atoms with E-state index in [1.165, 1.54) is 17.2 Å². The number of aromatic hydroxyl groups is 1. The first-order chi connectivity index (χ1) is 15.7. The summed E-state index contributed by atoms with van der Waals surface area (Å²) in [6, 6.07) is 8.74. The lowest BCUT2D eigenvalue weighted by Gasteiger charge is -2.29. The van der Waals surface area contributed by atoms with Crippen molar-refractivity contribution >= 4 is 12.0 Å². The molecule has 1 unspecified atom stereocenters. The van der Waals surface area contributed by atoms with Crippen LogP contribution in [0.1, 0.15) is 120 Å². The number of carboxylic acid groups (broad SMARTS) is 1. The van der Waals surface area contributed by atoms with E-state index < -0.39 is 5.97 Å². The lowest BCUT2D eigenvalue weighted by Crippen LogP contribution is -2.17. The minimum Gasteiger partial charge on any atom is -0.507 e. The first-order valence-electron chi connectivity index (χ1n) is 12.6. The van der Waals surface area contributed by atoms with Gasteiger partial charge >= 0.3 is 5.97 Å². The van der Waals surface area contributed by atoms with Gasteiger partial charge in [-0.3, -0.25) is 0 Å². The highest BCUT2D eigenvalue weighted by Crippen LogP contribution is 2.43. The maximum Gasteiger partial charge on any atom is 0.328 e. The van der Waals surface area contributed by atoms with Crippen molar-refractivity contribution in [2.75, 3.05) is 0 Å². The van der Waals surface area contributed by atoms with Crippen molar-refractivity contribution in [3.05, 3.63) is 69.3 Å². The molecule has 0 spiro atoms. The summed E-state index contributed by atoms with van der Waals surface area (Å²) in [5, 5.41) is 20.8. The van der Waals surface area contributed by atoms with Gasteiger partial charge in [0.1, 0.15) is 5.75 Å². The van der Waals surface area contributed by atoms with Gasteiger partial charge in [0.2, 0.25) is 0 Å². The molecule has 34 heavy (non-hydrogen) atoms. The van der Waals surface area contributed by atoms with Crippen molar-refractivity contribution in [3.63, 3.8) is 0 Å². The molecule has 2 N–H and O–H groups in total. The maximum atomic E-state index is 11.5. The maximum absolute atomic E-state index is 11.5. The summed E-state index contributed by atoms with van der Waals surface area (Å²) in [4.78, 5) is 11.5. The predicted octanol–water partition coefficient (Wildman–Crippen LogP) is 8.14. The number of hydrogen-bond donors (Lipinski definition) is 2. The largest absolute Gasteiger partial charge is 0.507 e. The van der Waals surface area contributed by atoms with E-state index in [-0.39, 0.29) is 16.7 Å². The Morgan fingerprint density at radius 1 is 0.853 bits per heavy atom. The number of phenolic OH excluding ortho intramolecular Hbond substituents is 1. The van der Waals surface area contributed by atoms with Gasteiger partial charge in [-0.25, -0.2) is 4.79 Å². The normalized spacial score (nSPS) is 13.4. The molecule has 3 heteroatoms. The molecule has 3 nitrogen and oxygen atoms in total. The fourth-order valence-corrected chi connectivity index (χ4v) is 4.71. The smallest absolute Gasteiger partial charge is 0.328 e. The highest BCUT2D eigenvalue weighted by Gasteiger charge is 2.27. The first-order valence-corrected chi connectivity index (χ1v) is 12.6. The van der Waals surface area contributed by atoms with Crippen LogP contribution in [0.4, 0.5) is 0 Å². The Morgan fingerprint density at radius 2 is 1.32 bits per heavy atom. The molecular weight excluding hydrogens is 420 g/mol. The van der Waals surface area contributed by atoms with Crippen molar-refractivity contribution in [1.82, 2.24) is 0 Å². The molecule has 0 aliphatic carbocycles. The van der Waals surface area contributed by atoms with E-state index in [0.717, 1.165) is 53.5 Å².